The summed E-state index contributed by atoms with van der Waals surface area (Å²) in [5.74, 6) is -0.950. The second-order valence-corrected chi connectivity index (χ2v) is 15.0. The molecule has 0 aliphatic carbocycles. The molecule has 46 heavy (non-hydrogen) atoms. The van der Waals surface area contributed by atoms with Gasteiger partial charge in [0.15, 0.2) is 0 Å². The maximum absolute atomic E-state index is 14.6. The molecule has 0 aromatic heterocycles. The molecule has 0 unspecified atom stereocenters. The van der Waals surface area contributed by atoms with Crippen LogP contribution in [0.1, 0.15) is 43.0 Å². The number of halogens is 2. The number of anilines is 1. The molecule has 1 atom stereocenters. The van der Waals surface area contributed by atoms with Crippen LogP contribution in [0, 0.1) is 13.8 Å². The number of benzene rings is 4. The molecule has 0 heterocycles. The smallest absolute Gasteiger partial charge is 0.264 e. The van der Waals surface area contributed by atoms with Gasteiger partial charge >= 0.3 is 0 Å². The summed E-state index contributed by atoms with van der Waals surface area (Å²) >= 11 is 12.8. The molecule has 1 N–H and O–H groups in total. The molecule has 0 fully saturated rings. The Balaban J connectivity index is 1.85. The SMILES string of the molecule is Cc1ccc(S(=O)(=O)N(CC(=O)N(Cc2ccc(Cl)cc2Cl)[C@H](Cc2ccccc2)C(=O)NC(C)(C)C)c2ccccc2C)cc1. The van der Waals surface area contributed by atoms with Crippen LogP contribution < -0.4 is 9.62 Å². The average Bonchev–Trinajstić information content (AvgIpc) is 2.99. The van der Waals surface area contributed by atoms with E-state index in [2.05, 4.69) is 5.32 Å². The summed E-state index contributed by atoms with van der Waals surface area (Å²) in [7, 11) is -4.20. The van der Waals surface area contributed by atoms with E-state index in [1.807, 2.05) is 58.0 Å². The third-order valence-electron chi connectivity index (χ3n) is 7.40. The predicted octanol–water partition coefficient (Wildman–Crippen LogP) is 7.36. The summed E-state index contributed by atoms with van der Waals surface area (Å²) < 4.78 is 29.6. The highest BCUT2D eigenvalue weighted by molar-refractivity contribution is 7.92. The van der Waals surface area contributed by atoms with Crippen LogP contribution in [-0.2, 0) is 32.6 Å². The van der Waals surface area contributed by atoms with Gasteiger partial charge in [0.1, 0.15) is 12.6 Å². The van der Waals surface area contributed by atoms with Gasteiger partial charge in [-0.2, -0.15) is 0 Å². The van der Waals surface area contributed by atoms with E-state index in [0.29, 0.717) is 26.9 Å². The second kappa shape index (κ2) is 14.7. The number of para-hydroxylation sites is 1. The van der Waals surface area contributed by atoms with Crippen molar-refractivity contribution in [3.05, 3.63) is 129 Å². The summed E-state index contributed by atoms with van der Waals surface area (Å²) in [6.45, 7) is 8.63. The minimum atomic E-state index is -4.20. The summed E-state index contributed by atoms with van der Waals surface area (Å²) in [5.41, 5.74) is 2.73. The zero-order valence-electron chi connectivity index (χ0n) is 26.6. The monoisotopic (exact) mass is 679 g/mol. The first-order valence-corrected chi connectivity index (χ1v) is 17.1. The second-order valence-electron chi connectivity index (χ2n) is 12.3. The minimum absolute atomic E-state index is 0.0489. The molecule has 0 aliphatic rings. The third kappa shape index (κ3) is 8.90. The molecule has 0 saturated carbocycles. The largest absolute Gasteiger partial charge is 0.350 e. The van der Waals surface area contributed by atoms with E-state index >= 15 is 0 Å². The lowest BCUT2D eigenvalue weighted by molar-refractivity contribution is -0.140. The normalized spacial score (nSPS) is 12.3. The lowest BCUT2D eigenvalue weighted by Gasteiger charge is -2.35. The first-order valence-electron chi connectivity index (χ1n) is 14.9. The van der Waals surface area contributed by atoms with Crippen LogP contribution in [0.2, 0.25) is 10.0 Å². The number of amides is 2. The minimum Gasteiger partial charge on any atom is -0.350 e. The van der Waals surface area contributed by atoms with Gasteiger partial charge in [-0.15, -0.1) is 0 Å². The fraction of sp³-hybridized carbons (Fsp3) is 0.278. The van der Waals surface area contributed by atoms with E-state index < -0.39 is 34.1 Å². The number of hydrogen-bond acceptors (Lipinski definition) is 4. The van der Waals surface area contributed by atoms with Gasteiger partial charge in [0, 0.05) is 28.5 Å². The van der Waals surface area contributed by atoms with E-state index in [0.717, 1.165) is 15.4 Å². The average molecular weight is 681 g/mol. The van der Waals surface area contributed by atoms with E-state index in [9.17, 15) is 18.0 Å². The van der Waals surface area contributed by atoms with E-state index in [1.54, 1.807) is 61.5 Å². The molecule has 4 aromatic rings. The Morgan fingerprint density at radius 1 is 0.848 bits per heavy atom. The van der Waals surface area contributed by atoms with Crippen molar-refractivity contribution in [1.29, 1.82) is 0 Å². The maximum atomic E-state index is 14.6. The zero-order chi connectivity index (χ0) is 33.6. The molecule has 4 rings (SSSR count). The van der Waals surface area contributed by atoms with Crippen LogP contribution in [-0.4, -0.2) is 43.3 Å². The fourth-order valence-corrected chi connectivity index (χ4v) is 6.98. The number of nitrogens with one attached hydrogen (secondary N) is 1. The maximum Gasteiger partial charge on any atom is 0.264 e. The third-order valence-corrected chi connectivity index (χ3v) is 9.76. The Morgan fingerprint density at radius 2 is 1.48 bits per heavy atom. The highest BCUT2D eigenvalue weighted by atomic mass is 35.5. The van der Waals surface area contributed by atoms with Crippen LogP contribution in [0.25, 0.3) is 0 Å². The molecule has 10 heteroatoms. The Labute approximate surface area is 282 Å². The van der Waals surface area contributed by atoms with E-state index in [1.165, 1.54) is 17.0 Å². The van der Waals surface area contributed by atoms with Crippen molar-refractivity contribution in [3.8, 4) is 0 Å². The number of nitrogens with zero attached hydrogens (tertiary/aromatic N) is 2. The number of rotatable bonds is 11. The molecular weight excluding hydrogens is 641 g/mol. The van der Waals surface area contributed by atoms with Crippen molar-refractivity contribution in [3.63, 3.8) is 0 Å². The lowest BCUT2D eigenvalue weighted by Crippen LogP contribution is -2.56. The summed E-state index contributed by atoms with van der Waals surface area (Å²) in [6, 6.07) is 26.8. The van der Waals surface area contributed by atoms with Crippen LogP contribution in [0.15, 0.2) is 102 Å². The first-order chi connectivity index (χ1) is 21.7. The Bertz CT molecular complexity index is 1790. The number of sulfonamides is 1. The molecule has 2 amide bonds. The summed E-state index contributed by atoms with van der Waals surface area (Å²) in [5, 5.41) is 3.77. The molecule has 4 aromatic carbocycles. The number of aryl methyl sites for hydroxylation is 2. The first kappa shape index (κ1) is 35.0. The number of carbonyl (C=O) groups is 2. The van der Waals surface area contributed by atoms with Crippen molar-refractivity contribution in [2.45, 2.75) is 64.1 Å². The van der Waals surface area contributed by atoms with Gasteiger partial charge in [-0.05, 0) is 81.6 Å². The lowest BCUT2D eigenvalue weighted by atomic mass is 10.0. The standard InChI is InChI=1S/C36H39Cl2N3O4S/c1-25-15-19-30(20-16-25)46(44,45)41(32-14-10-9-11-26(32)2)24-34(42)40(23-28-17-18-29(37)22-31(28)38)33(35(43)39-36(3,4)5)21-27-12-7-6-8-13-27/h6-20,22,33H,21,23-24H2,1-5H3,(H,39,43)/t33-/m1/s1. The molecule has 0 spiro atoms. The van der Waals surface area contributed by atoms with Crippen LogP contribution >= 0.6 is 23.2 Å². The highest BCUT2D eigenvalue weighted by Crippen LogP contribution is 2.29. The summed E-state index contributed by atoms with van der Waals surface area (Å²) in [4.78, 5) is 30.1. The van der Waals surface area contributed by atoms with Crippen molar-refractivity contribution < 1.29 is 18.0 Å². The van der Waals surface area contributed by atoms with Crippen molar-refractivity contribution >= 4 is 50.7 Å². The van der Waals surface area contributed by atoms with Gasteiger partial charge in [0.25, 0.3) is 10.0 Å². The Hall–Kier alpha value is -3.85. The van der Waals surface area contributed by atoms with Crippen LogP contribution in [0.5, 0.6) is 0 Å². The van der Waals surface area contributed by atoms with Gasteiger partial charge in [-0.1, -0.05) is 95.5 Å². The summed E-state index contributed by atoms with van der Waals surface area (Å²) in [6.07, 6.45) is 0.189. The molecule has 0 saturated heterocycles. The van der Waals surface area contributed by atoms with Gasteiger partial charge in [0.05, 0.1) is 10.6 Å². The molecular formula is C36H39Cl2N3O4S. The molecule has 0 aliphatic heterocycles. The number of hydrogen-bond donors (Lipinski definition) is 1. The molecule has 7 nitrogen and oxygen atoms in total. The van der Waals surface area contributed by atoms with Gasteiger partial charge in [-0.25, -0.2) is 8.42 Å². The van der Waals surface area contributed by atoms with Gasteiger partial charge < -0.3 is 10.2 Å². The topological polar surface area (TPSA) is 86.8 Å². The molecule has 242 valence electrons. The molecule has 0 bridgehead atoms. The fourth-order valence-electron chi connectivity index (χ4n) is 5.03. The predicted molar refractivity (Wildman–Crippen MR) is 186 cm³/mol. The van der Waals surface area contributed by atoms with Crippen molar-refractivity contribution in [2.24, 2.45) is 0 Å². The van der Waals surface area contributed by atoms with Gasteiger partial charge in [-0.3, -0.25) is 13.9 Å². The zero-order valence-corrected chi connectivity index (χ0v) is 29.0. The van der Waals surface area contributed by atoms with Gasteiger partial charge in [0.2, 0.25) is 11.8 Å². The Kier molecular flexibility index (Phi) is 11.2. The highest BCUT2D eigenvalue weighted by Gasteiger charge is 2.36. The quantitative estimate of drug-likeness (QED) is 0.179. The number of carbonyl (C=O) groups excluding carboxylic acids is 2. The van der Waals surface area contributed by atoms with Crippen molar-refractivity contribution in [1.82, 2.24) is 10.2 Å². The van der Waals surface area contributed by atoms with E-state index in [4.69, 9.17) is 23.2 Å². The Morgan fingerprint density at radius 3 is 2.09 bits per heavy atom. The van der Waals surface area contributed by atoms with Crippen molar-refractivity contribution in [2.75, 3.05) is 10.8 Å². The van der Waals surface area contributed by atoms with Crippen LogP contribution in [0.4, 0.5) is 5.69 Å². The molecule has 0 radical (unpaired) electrons. The van der Waals surface area contributed by atoms with Crippen LogP contribution in [0.3, 0.4) is 0 Å². The van der Waals surface area contributed by atoms with E-state index in [-0.39, 0.29) is 23.8 Å².